The molecule has 11 heteroatoms. The predicted octanol–water partition coefficient (Wildman–Crippen LogP) is 5.41. The van der Waals surface area contributed by atoms with Crippen LogP contribution in [0.5, 0.6) is 0 Å². The maximum atomic E-state index is 13.1. The van der Waals surface area contributed by atoms with Gasteiger partial charge in [0, 0.05) is 30.2 Å². The summed E-state index contributed by atoms with van der Waals surface area (Å²) in [6, 6.07) is 8.14. The zero-order valence-corrected chi connectivity index (χ0v) is 17.5. The van der Waals surface area contributed by atoms with Crippen LogP contribution in [0.25, 0.3) is 21.9 Å². The number of benzene rings is 1. The highest BCUT2D eigenvalue weighted by Crippen LogP contribution is 2.26. The summed E-state index contributed by atoms with van der Waals surface area (Å²) in [7, 11) is 0. The third kappa shape index (κ3) is 4.91. The molecule has 4 aromatic rings. The molecule has 3 aromatic heterocycles. The van der Waals surface area contributed by atoms with Gasteiger partial charge in [-0.1, -0.05) is 6.07 Å². The zero-order valence-electron chi connectivity index (χ0n) is 17.5. The first-order valence-corrected chi connectivity index (χ1v) is 10.2. The number of fused-ring (bicyclic) bond motifs is 2. The third-order valence-electron chi connectivity index (χ3n) is 5.47. The maximum Gasteiger partial charge on any atom is 0.406 e. The molecule has 0 N–H and O–H groups in total. The Bertz CT molecular complexity index is 1360. The van der Waals surface area contributed by atoms with Crippen LogP contribution in [-0.4, -0.2) is 31.0 Å². The first-order valence-electron chi connectivity index (χ1n) is 10.2. The first-order chi connectivity index (χ1) is 15.4. The Morgan fingerprint density at radius 3 is 2.33 bits per heavy atom. The summed E-state index contributed by atoms with van der Waals surface area (Å²) in [5, 5.41) is 0.718. The van der Waals surface area contributed by atoms with Gasteiger partial charge >= 0.3 is 18.0 Å². The van der Waals surface area contributed by atoms with E-state index in [4.69, 9.17) is 0 Å². The van der Waals surface area contributed by atoms with Gasteiger partial charge < -0.3 is 4.57 Å². The van der Waals surface area contributed by atoms with Crippen LogP contribution in [-0.2, 0) is 19.6 Å². The van der Waals surface area contributed by atoms with Crippen LogP contribution >= 0.6 is 0 Å². The summed E-state index contributed by atoms with van der Waals surface area (Å²) in [4.78, 5) is 17.0. The van der Waals surface area contributed by atoms with Crippen LogP contribution in [0.1, 0.15) is 24.1 Å². The average molecular weight is 470 g/mol. The minimum atomic E-state index is -4.59. The number of rotatable bonds is 6. The molecule has 0 aliphatic heterocycles. The van der Waals surface area contributed by atoms with Gasteiger partial charge in [0.2, 0.25) is 0 Å². The Kier molecular flexibility index (Phi) is 5.75. The number of alkyl halides is 6. The fourth-order valence-electron chi connectivity index (χ4n) is 4.07. The van der Waals surface area contributed by atoms with Gasteiger partial charge in [-0.15, -0.1) is 0 Å². The lowest BCUT2D eigenvalue weighted by atomic mass is 10.2. The van der Waals surface area contributed by atoms with Gasteiger partial charge in [0.15, 0.2) is 0 Å². The number of pyridine rings is 1. The Hall–Kier alpha value is -3.24. The largest absolute Gasteiger partial charge is 0.406 e. The second kappa shape index (κ2) is 8.27. The van der Waals surface area contributed by atoms with E-state index < -0.39 is 31.0 Å². The van der Waals surface area contributed by atoms with E-state index in [1.165, 1.54) is 23.0 Å². The smallest absolute Gasteiger partial charge is 0.342 e. The minimum Gasteiger partial charge on any atom is -0.342 e. The molecule has 5 nitrogen and oxygen atoms in total. The number of imidazole rings is 1. The molecule has 0 aliphatic rings. The van der Waals surface area contributed by atoms with Crippen molar-refractivity contribution in [2.24, 2.45) is 0 Å². The number of nitrogens with zero attached hydrogens (tertiary/aromatic N) is 4. The quantitative estimate of drug-likeness (QED) is 0.354. The topological polar surface area (TPSA) is 44.8 Å². The van der Waals surface area contributed by atoms with Gasteiger partial charge in [0.1, 0.15) is 6.54 Å². The van der Waals surface area contributed by atoms with Crippen LogP contribution in [0, 0.1) is 6.92 Å². The molecule has 4 rings (SSSR count). The maximum absolute atomic E-state index is 13.1. The first kappa shape index (κ1) is 22.9. The van der Waals surface area contributed by atoms with Crippen molar-refractivity contribution in [2.75, 3.05) is 0 Å². The van der Waals surface area contributed by atoms with Gasteiger partial charge in [-0.2, -0.15) is 26.3 Å². The van der Waals surface area contributed by atoms with E-state index in [1.54, 1.807) is 35.8 Å². The summed E-state index contributed by atoms with van der Waals surface area (Å²) in [5.74, 6) is 0. The van der Waals surface area contributed by atoms with Gasteiger partial charge in [0.25, 0.3) is 0 Å². The normalized spacial score (nSPS) is 12.8. The lowest BCUT2D eigenvalue weighted by molar-refractivity contribution is -0.140. The van der Waals surface area contributed by atoms with Crippen molar-refractivity contribution in [3.05, 3.63) is 64.5 Å². The Balaban J connectivity index is 1.81. The van der Waals surface area contributed by atoms with Crippen molar-refractivity contribution in [3.63, 3.8) is 0 Å². The second-order valence-electron chi connectivity index (χ2n) is 8.00. The van der Waals surface area contributed by atoms with E-state index in [1.807, 2.05) is 0 Å². The SMILES string of the molecule is Cc1ccc2c(c1)n(Cc1cc3ccncc3n1CCCC(F)(F)F)c(=O)n2CC(F)(F)F. The molecule has 0 bridgehead atoms. The molecule has 176 valence electrons. The van der Waals surface area contributed by atoms with Gasteiger partial charge in [-0.05, 0) is 43.2 Å². The molecule has 0 fully saturated rings. The summed E-state index contributed by atoms with van der Waals surface area (Å²) >= 11 is 0. The zero-order chi connectivity index (χ0) is 24.0. The van der Waals surface area contributed by atoms with Crippen LogP contribution in [0.4, 0.5) is 26.3 Å². The molecular formula is C22H20F6N4O. The molecule has 0 spiro atoms. The molecule has 0 saturated heterocycles. The molecule has 3 heterocycles. The van der Waals surface area contributed by atoms with Crippen molar-refractivity contribution < 1.29 is 26.3 Å². The van der Waals surface area contributed by atoms with Crippen LogP contribution in [0.3, 0.4) is 0 Å². The van der Waals surface area contributed by atoms with E-state index in [9.17, 15) is 31.1 Å². The number of halogens is 6. The molecule has 0 atom stereocenters. The molecule has 0 aliphatic carbocycles. The van der Waals surface area contributed by atoms with Gasteiger partial charge in [-0.3, -0.25) is 14.1 Å². The monoisotopic (exact) mass is 470 g/mol. The summed E-state index contributed by atoms with van der Waals surface area (Å²) in [5.41, 5.74) is 1.50. The van der Waals surface area contributed by atoms with Crippen molar-refractivity contribution >= 4 is 21.9 Å². The van der Waals surface area contributed by atoms with E-state index >= 15 is 0 Å². The molecule has 1 aromatic carbocycles. The molecule has 0 unspecified atom stereocenters. The predicted molar refractivity (Wildman–Crippen MR) is 111 cm³/mol. The lowest BCUT2D eigenvalue weighted by Crippen LogP contribution is -2.30. The fourth-order valence-corrected chi connectivity index (χ4v) is 4.07. The Morgan fingerprint density at radius 2 is 1.64 bits per heavy atom. The lowest BCUT2D eigenvalue weighted by Gasteiger charge is -2.13. The van der Waals surface area contributed by atoms with Crippen LogP contribution in [0.2, 0.25) is 0 Å². The summed E-state index contributed by atoms with van der Waals surface area (Å²) < 4.78 is 81.0. The fraction of sp³-hybridized carbons (Fsp3) is 0.364. The van der Waals surface area contributed by atoms with Crippen molar-refractivity contribution in [3.8, 4) is 0 Å². The summed E-state index contributed by atoms with van der Waals surface area (Å²) in [6.45, 7) is 0.259. The molecule has 0 radical (unpaired) electrons. The van der Waals surface area contributed by atoms with E-state index in [0.29, 0.717) is 21.3 Å². The Morgan fingerprint density at radius 1 is 0.879 bits per heavy atom. The molecule has 0 amide bonds. The molecule has 33 heavy (non-hydrogen) atoms. The molecular weight excluding hydrogens is 450 g/mol. The highest BCUT2D eigenvalue weighted by Gasteiger charge is 2.31. The van der Waals surface area contributed by atoms with Crippen molar-refractivity contribution in [1.29, 1.82) is 0 Å². The van der Waals surface area contributed by atoms with Crippen LogP contribution < -0.4 is 5.69 Å². The van der Waals surface area contributed by atoms with E-state index in [2.05, 4.69) is 4.98 Å². The number of hydrogen-bond acceptors (Lipinski definition) is 2. The standard InChI is InChI=1S/C22H20F6N4O/c1-14-3-4-17-18(9-14)31(20(33)32(17)13-22(26,27)28)12-16-10-15-5-7-29-11-19(15)30(16)8-2-6-21(23,24)25/h3-5,7,9-11H,2,6,8,12-13H2,1H3. The number of aryl methyl sites for hydroxylation is 2. The van der Waals surface area contributed by atoms with Gasteiger partial charge in [0.05, 0.1) is 29.3 Å². The average Bonchev–Trinajstić information content (AvgIpc) is 3.17. The minimum absolute atomic E-state index is 0.0268. The highest BCUT2D eigenvalue weighted by molar-refractivity contribution is 5.81. The van der Waals surface area contributed by atoms with E-state index in [0.717, 1.165) is 10.9 Å². The number of aromatic nitrogens is 4. The summed E-state index contributed by atoms with van der Waals surface area (Å²) in [6.07, 6.45) is -6.99. The van der Waals surface area contributed by atoms with Crippen LogP contribution in [0.15, 0.2) is 47.5 Å². The second-order valence-corrected chi connectivity index (χ2v) is 8.00. The Labute approximate surface area is 183 Å². The third-order valence-corrected chi connectivity index (χ3v) is 5.47. The van der Waals surface area contributed by atoms with Crippen molar-refractivity contribution in [1.82, 2.24) is 18.7 Å². The number of hydrogen-bond donors (Lipinski definition) is 0. The van der Waals surface area contributed by atoms with E-state index in [-0.39, 0.29) is 25.0 Å². The highest BCUT2D eigenvalue weighted by atomic mass is 19.4. The van der Waals surface area contributed by atoms with Crippen molar-refractivity contribution in [2.45, 2.75) is 51.8 Å². The van der Waals surface area contributed by atoms with Gasteiger partial charge in [-0.25, -0.2) is 4.79 Å². The molecule has 0 saturated carbocycles.